The van der Waals surface area contributed by atoms with Gasteiger partial charge < -0.3 is 25.1 Å². The first-order valence-electron chi connectivity index (χ1n) is 12.1. The number of nitrogens with zero attached hydrogens (tertiary/aromatic N) is 1. The van der Waals surface area contributed by atoms with E-state index in [-0.39, 0.29) is 12.3 Å². The Labute approximate surface area is 214 Å². The monoisotopic (exact) mass is 505 g/mol. The number of carbonyl (C=O) groups is 3. The fourth-order valence-corrected chi connectivity index (χ4v) is 4.35. The first kappa shape index (κ1) is 25.7. The number of hydrogen-bond donors (Lipinski definition) is 4. The minimum Gasteiger partial charge on any atom is -0.496 e. The van der Waals surface area contributed by atoms with Gasteiger partial charge in [0.1, 0.15) is 23.5 Å². The molecule has 4 N–H and O–H groups in total. The topological polar surface area (TPSA) is 138 Å². The van der Waals surface area contributed by atoms with Crippen molar-refractivity contribution in [2.75, 3.05) is 14.2 Å². The van der Waals surface area contributed by atoms with Gasteiger partial charge in [-0.2, -0.15) is 5.10 Å². The Bertz CT molecular complexity index is 1420. The molecular weight excluding hydrogens is 474 g/mol. The lowest BCUT2D eigenvalue weighted by Crippen LogP contribution is -2.53. The van der Waals surface area contributed by atoms with E-state index in [1.807, 2.05) is 56.3 Å². The van der Waals surface area contributed by atoms with E-state index in [0.717, 1.165) is 21.8 Å². The summed E-state index contributed by atoms with van der Waals surface area (Å²) in [5.74, 6) is -0.768. The van der Waals surface area contributed by atoms with E-state index in [1.165, 1.54) is 7.11 Å². The number of esters is 1. The molecule has 0 spiro atoms. The zero-order chi connectivity index (χ0) is 26.5. The van der Waals surface area contributed by atoms with Gasteiger partial charge in [-0.3, -0.25) is 14.7 Å². The second-order valence-electron chi connectivity index (χ2n) is 9.27. The Morgan fingerprint density at radius 3 is 2.49 bits per heavy atom. The van der Waals surface area contributed by atoms with Gasteiger partial charge in [0, 0.05) is 28.4 Å². The number of carbonyl (C=O) groups excluding carboxylic acids is 3. The normalized spacial score (nSPS) is 12.9. The van der Waals surface area contributed by atoms with Crippen LogP contribution in [0.3, 0.4) is 0 Å². The summed E-state index contributed by atoms with van der Waals surface area (Å²) in [6.45, 7) is 3.91. The molecule has 2 aromatic heterocycles. The van der Waals surface area contributed by atoms with Gasteiger partial charge in [-0.05, 0) is 36.6 Å². The van der Waals surface area contributed by atoms with Crippen molar-refractivity contribution in [3.63, 3.8) is 0 Å². The summed E-state index contributed by atoms with van der Waals surface area (Å²) < 4.78 is 10.3. The minimum absolute atomic E-state index is 0.104. The Hall–Kier alpha value is -4.34. The average molecular weight is 506 g/mol. The molecule has 2 atom stereocenters. The molecule has 0 aliphatic carbocycles. The number of rotatable bonds is 10. The highest BCUT2D eigenvalue weighted by atomic mass is 16.5. The van der Waals surface area contributed by atoms with Crippen LogP contribution >= 0.6 is 0 Å². The van der Waals surface area contributed by atoms with E-state index >= 15 is 0 Å². The van der Waals surface area contributed by atoms with Crippen LogP contribution in [0.5, 0.6) is 5.75 Å². The number of H-pyrrole nitrogens is 2. The van der Waals surface area contributed by atoms with Crippen molar-refractivity contribution in [3.05, 3.63) is 59.9 Å². The lowest BCUT2D eigenvalue weighted by atomic mass is 10.0. The Morgan fingerprint density at radius 1 is 0.973 bits per heavy atom. The third-order valence-corrected chi connectivity index (χ3v) is 6.17. The number of methoxy groups -OCH3 is 2. The van der Waals surface area contributed by atoms with Crippen molar-refractivity contribution in [2.24, 2.45) is 5.92 Å². The van der Waals surface area contributed by atoms with Crippen LogP contribution in [-0.4, -0.2) is 59.3 Å². The highest BCUT2D eigenvalue weighted by Gasteiger charge is 2.29. The average Bonchev–Trinajstić information content (AvgIpc) is 3.51. The summed E-state index contributed by atoms with van der Waals surface area (Å²) in [4.78, 5) is 42.1. The van der Waals surface area contributed by atoms with Crippen LogP contribution in [-0.2, 0) is 20.7 Å². The second-order valence-corrected chi connectivity index (χ2v) is 9.27. The van der Waals surface area contributed by atoms with E-state index in [0.29, 0.717) is 23.6 Å². The number of amides is 2. The Balaban J connectivity index is 1.53. The highest BCUT2D eigenvalue weighted by molar-refractivity contribution is 6.01. The fraction of sp³-hybridized carbons (Fsp3) is 0.333. The number of fused-ring (bicyclic) bond motifs is 2. The summed E-state index contributed by atoms with van der Waals surface area (Å²) in [7, 11) is 2.83. The largest absolute Gasteiger partial charge is 0.496 e. The predicted molar refractivity (Wildman–Crippen MR) is 139 cm³/mol. The van der Waals surface area contributed by atoms with Crippen molar-refractivity contribution in [2.45, 2.75) is 38.8 Å². The van der Waals surface area contributed by atoms with Gasteiger partial charge in [-0.1, -0.05) is 38.1 Å². The number of ether oxygens (including phenoxy) is 2. The third kappa shape index (κ3) is 5.74. The van der Waals surface area contributed by atoms with Crippen LogP contribution in [0, 0.1) is 5.92 Å². The number of aromatic amines is 2. The maximum Gasteiger partial charge on any atom is 0.328 e. The van der Waals surface area contributed by atoms with Crippen LogP contribution in [0.25, 0.3) is 21.8 Å². The number of hydrogen-bond acceptors (Lipinski definition) is 6. The van der Waals surface area contributed by atoms with Crippen molar-refractivity contribution in [1.29, 1.82) is 0 Å². The molecule has 0 saturated heterocycles. The number of nitrogens with one attached hydrogen (secondary N) is 4. The van der Waals surface area contributed by atoms with Crippen LogP contribution in [0.15, 0.2) is 48.5 Å². The molecule has 1 unspecified atom stereocenters. The summed E-state index contributed by atoms with van der Waals surface area (Å²) in [6.07, 6.45) is 0.533. The zero-order valence-electron chi connectivity index (χ0n) is 21.3. The lowest BCUT2D eigenvalue weighted by molar-refractivity contribution is -0.145. The number of benzene rings is 2. The fourth-order valence-electron chi connectivity index (χ4n) is 4.35. The van der Waals surface area contributed by atoms with Gasteiger partial charge in [0.15, 0.2) is 0 Å². The molecule has 0 fully saturated rings. The van der Waals surface area contributed by atoms with E-state index in [1.54, 1.807) is 13.2 Å². The van der Waals surface area contributed by atoms with Crippen molar-refractivity contribution >= 4 is 39.6 Å². The van der Waals surface area contributed by atoms with Crippen LogP contribution in [0.1, 0.15) is 36.5 Å². The summed E-state index contributed by atoms with van der Waals surface area (Å²) in [6, 6.07) is 12.8. The van der Waals surface area contributed by atoms with E-state index in [9.17, 15) is 14.4 Å². The Kier molecular flexibility index (Phi) is 7.76. The predicted octanol–water partition coefficient (Wildman–Crippen LogP) is 3.10. The van der Waals surface area contributed by atoms with Gasteiger partial charge in [-0.25, -0.2) is 4.79 Å². The highest BCUT2D eigenvalue weighted by Crippen LogP contribution is 2.26. The van der Waals surface area contributed by atoms with Gasteiger partial charge in [0.2, 0.25) is 5.91 Å². The van der Waals surface area contributed by atoms with E-state index < -0.39 is 29.9 Å². The van der Waals surface area contributed by atoms with Gasteiger partial charge in [0.25, 0.3) is 5.91 Å². The summed E-state index contributed by atoms with van der Waals surface area (Å²) in [5, 5.41) is 14.4. The van der Waals surface area contributed by atoms with Crippen LogP contribution in [0.4, 0.5) is 0 Å². The molecule has 0 bridgehead atoms. The number of aromatic nitrogens is 3. The van der Waals surface area contributed by atoms with Crippen LogP contribution < -0.4 is 15.4 Å². The molecule has 0 aliphatic heterocycles. The second kappa shape index (κ2) is 11.2. The first-order valence-corrected chi connectivity index (χ1v) is 12.1. The standard InChI is InChI=1S/C27H31N5O5/c1-15(2)12-21(29-26(34)22-13-17-18(28-22)10-7-11-24(17)36-3)25(33)30-23(27(35)37-4)14-20-16-8-5-6-9-19(16)31-32-20/h5-11,13,15,21,23,28H,12,14H2,1-4H3,(H,29,34)(H,30,33)(H,31,32)/t21-,23?/m0/s1. The molecule has 37 heavy (non-hydrogen) atoms. The zero-order valence-corrected chi connectivity index (χ0v) is 21.3. The molecule has 4 rings (SSSR count). The molecule has 10 nitrogen and oxygen atoms in total. The molecule has 4 aromatic rings. The molecule has 2 heterocycles. The SMILES string of the molecule is COC(=O)C(Cc1[nH]nc2ccccc12)NC(=O)[C@H](CC(C)C)NC(=O)c1cc2c(OC)cccc2[nH]1. The maximum absolute atomic E-state index is 13.4. The van der Waals surface area contributed by atoms with E-state index in [2.05, 4.69) is 25.8 Å². The molecular formula is C27H31N5O5. The summed E-state index contributed by atoms with van der Waals surface area (Å²) >= 11 is 0. The number of para-hydroxylation sites is 1. The summed E-state index contributed by atoms with van der Waals surface area (Å²) in [5.41, 5.74) is 2.50. The quantitative estimate of drug-likeness (QED) is 0.244. The molecule has 0 saturated carbocycles. The molecule has 0 radical (unpaired) electrons. The van der Waals surface area contributed by atoms with Crippen LogP contribution in [0.2, 0.25) is 0 Å². The third-order valence-electron chi connectivity index (χ3n) is 6.17. The molecule has 2 aromatic carbocycles. The molecule has 2 amide bonds. The maximum atomic E-state index is 13.4. The molecule has 0 aliphatic rings. The minimum atomic E-state index is -0.967. The van der Waals surface area contributed by atoms with Crippen molar-refractivity contribution < 1.29 is 23.9 Å². The molecule has 10 heteroatoms. The Morgan fingerprint density at radius 2 is 1.76 bits per heavy atom. The molecule has 194 valence electrons. The first-order chi connectivity index (χ1) is 17.8. The van der Waals surface area contributed by atoms with Gasteiger partial charge in [-0.15, -0.1) is 0 Å². The van der Waals surface area contributed by atoms with Crippen molar-refractivity contribution in [1.82, 2.24) is 25.8 Å². The van der Waals surface area contributed by atoms with Crippen molar-refractivity contribution in [3.8, 4) is 5.75 Å². The van der Waals surface area contributed by atoms with Gasteiger partial charge >= 0.3 is 5.97 Å². The lowest BCUT2D eigenvalue weighted by Gasteiger charge is -2.23. The smallest absolute Gasteiger partial charge is 0.328 e. The van der Waals surface area contributed by atoms with Gasteiger partial charge in [0.05, 0.1) is 19.7 Å². The van der Waals surface area contributed by atoms with E-state index in [4.69, 9.17) is 9.47 Å².